The Morgan fingerprint density at radius 2 is 2.11 bits per heavy atom. The summed E-state index contributed by atoms with van der Waals surface area (Å²) < 4.78 is 0. The highest BCUT2D eigenvalue weighted by atomic mass is 16.1. The van der Waals surface area contributed by atoms with Gasteiger partial charge in [0.05, 0.1) is 0 Å². The number of fused-ring (bicyclic) bond motifs is 2. The van der Waals surface area contributed by atoms with Crippen molar-refractivity contribution in [2.24, 2.45) is 17.8 Å². The molecule has 0 spiro atoms. The Bertz CT molecular complexity index is 131. The number of hydrogen-bond acceptors (Lipinski definition) is 1. The Morgan fingerprint density at radius 1 is 1.22 bits per heavy atom. The SMILES string of the molecule is O=C[C@@H]1CC2CCC1C2. The molecule has 0 aromatic rings. The molecule has 2 aliphatic carbocycles. The van der Waals surface area contributed by atoms with Gasteiger partial charge in [0.25, 0.3) is 0 Å². The van der Waals surface area contributed by atoms with E-state index >= 15 is 0 Å². The van der Waals surface area contributed by atoms with E-state index in [1.54, 1.807) is 0 Å². The molecule has 2 saturated carbocycles. The molecule has 1 heteroatoms. The van der Waals surface area contributed by atoms with Gasteiger partial charge in [-0.3, -0.25) is 0 Å². The summed E-state index contributed by atoms with van der Waals surface area (Å²) in [6.45, 7) is 0. The predicted molar refractivity (Wildman–Crippen MR) is 35.0 cm³/mol. The van der Waals surface area contributed by atoms with Crippen molar-refractivity contribution in [2.45, 2.75) is 25.7 Å². The number of carbonyl (C=O) groups is 1. The van der Waals surface area contributed by atoms with E-state index in [4.69, 9.17) is 0 Å². The van der Waals surface area contributed by atoms with Gasteiger partial charge in [0, 0.05) is 5.92 Å². The van der Waals surface area contributed by atoms with E-state index in [1.807, 2.05) is 0 Å². The molecule has 2 unspecified atom stereocenters. The Hall–Kier alpha value is -0.330. The van der Waals surface area contributed by atoms with Gasteiger partial charge in [-0.15, -0.1) is 0 Å². The maximum atomic E-state index is 10.4. The molecule has 50 valence electrons. The third-order valence-corrected chi connectivity index (χ3v) is 2.97. The Balaban J connectivity index is 2.09. The van der Waals surface area contributed by atoms with E-state index in [9.17, 15) is 4.79 Å². The minimum absolute atomic E-state index is 0.448. The van der Waals surface area contributed by atoms with Gasteiger partial charge in [0.2, 0.25) is 0 Å². The summed E-state index contributed by atoms with van der Waals surface area (Å²) in [5.74, 6) is 2.15. The van der Waals surface area contributed by atoms with E-state index in [1.165, 1.54) is 32.0 Å². The monoisotopic (exact) mass is 124 g/mol. The molecule has 0 aromatic heterocycles. The van der Waals surface area contributed by atoms with E-state index in [-0.39, 0.29) is 0 Å². The number of aldehydes is 1. The summed E-state index contributed by atoms with van der Waals surface area (Å²) in [4.78, 5) is 10.4. The second kappa shape index (κ2) is 1.83. The topological polar surface area (TPSA) is 17.1 Å². The molecule has 9 heavy (non-hydrogen) atoms. The van der Waals surface area contributed by atoms with Crippen LogP contribution in [0.3, 0.4) is 0 Å². The first-order chi connectivity index (χ1) is 4.40. The van der Waals surface area contributed by atoms with Gasteiger partial charge in [0.15, 0.2) is 0 Å². The highest BCUT2D eigenvalue weighted by molar-refractivity contribution is 5.55. The van der Waals surface area contributed by atoms with Crippen molar-refractivity contribution >= 4 is 6.29 Å². The summed E-state index contributed by atoms with van der Waals surface area (Å²) in [7, 11) is 0. The predicted octanol–water partition coefficient (Wildman–Crippen LogP) is 1.62. The van der Waals surface area contributed by atoms with E-state index in [2.05, 4.69) is 0 Å². The standard InChI is InChI=1S/C8H12O/c9-5-8-4-6-1-2-7(8)3-6/h5-8H,1-4H2/t6?,7?,8-/m0/s1. The van der Waals surface area contributed by atoms with Crippen LogP contribution in [0.4, 0.5) is 0 Å². The first-order valence-corrected chi connectivity index (χ1v) is 3.85. The lowest BCUT2D eigenvalue weighted by Crippen LogP contribution is -2.10. The quantitative estimate of drug-likeness (QED) is 0.485. The highest BCUT2D eigenvalue weighted by Gasteiger charge is 2.38. The molecule has 0 saturated heterocycles. The lowest BCUT2D eigenvalue weighted by Gasteiger charge is -2.14. The van der Waals surface area contributed by atoms with Gasteiger partial charge in [-0.25, -0.2) is 0 Å². The van der Waals surface area contributed by atoms with E-state index in [0.717, 1.165) is 11.8 Å². The largest absolute Gasteiger partial charge is 0.303 e. The maximum absolute atomic E-state index is 10.4. The number of carbonyl (C=O) groups excluding carboxylic acids is 1. The van der Waals surface area contributed by atoms with Crippen molar-refractivity contribution in [3.63, 3.8) is 0 Å². The fourth-order valence-corrected chi connectivity index (χ4v) is 2.46. The first kappa shape index (κ1) is 5.45. The van der Waals surface area contributed by atoms with Crippen molar-refractivity contribution in [2.75, 3.05) is 0 Å². The maximum Gasteiger partial charge on any atom is 0.123 e. The van der Waals surface area contributed by atoms with Gasteiger partial charge in [0.1, 0.15) is 6.29 Å². The van der Waals surface area contributed by atoms with Gasteiger partial charge in [-0.2, -0.15) is 0 Å². The molecule has 2 bridgehead atoms. The molecule has 0 aromatic carbocycles. The lowest BCUT2D eigenvalue weighted by molar-refractivity contribution is -0.112. The Kier molecular flexibility index (Phi) is 1.11. The van der Waals surface area contributed by atoms with Crippen LogP contribution in [0.25, 0.3) is 0 Å². The number of rotatable bonds is 1. The minimum Gasteiger partial charge on any atom is -0.303 e. The molecule has 0 amide bonds. The van der Waals surface area contributed by atoms with Crippen LogP contribution in [0.2, 0.25) is 0 Å². The molecule has 0 radical (unpaired) electrons. The van der Waals surface area contributed by atoms with Gasteiger partial charge in [-0.05, 0) is 31.1 Å². The van der Waals surface area contributed by atoms with Crippen LogP contribution in [0, 0.1) is 17.8 Å². The van der Waals surface area contributed by atoms with Crippen molar-refractivity contribution in [3.8, 4) is 0 Å². The van der Waals surface area contributed by atoms with Crippen LogP contribution in [-0.2, 0) is 4.79 Å². The second-order valence-corrected chi connectivity index (χ2v) is 3.47. The molecular formula is C8H12O. The minimum atomic E-state index is 0.448. The lowest BCUT2D eigenvalue weighted by atomic mass is 9.90. The highest BCUT2D eigenvalue weighted by Crippen LogP contribution is 2.47. The molecule has 2 rings (SSSR count). The van der Waals surface area contributed by atoms with Gasteiger partial charge in [-0.1, -0.05) is 6.42 Å². The first-order valence-electron chi connectivity index (χ1n) is 3.85. The molecule has 2 fully saturated rings. The zero-order valence-corrected chi connectivity index (χ0v) is 5.55. The van der Waals surface area contributed by atoms with Gasteiger partial charge < -0.3 is 4.79 Å². The molecule has 0 aliphatic heterocycles. The molecule has 0 N–H and O–H groups in total. The van der Waals surface area contributed by atoms with Crippen LogP contribution >= 0.6 is 0 Å². The average Bonchev–Trinajstić information content (AvgIpc) is 2.45. The van der Waals surface area contributed by atoms with Crippen molar-refractivity contribution < 1.29 is 4.79 Å². The Morgan fingerprint density at radius 3 is 2.44 bits per heavy atom. The summed E-state index contributed by atoms with van der Waals surface area (Å²) in [5.41, 5.74) is 0. The third kappa shape index (κ3) is 0.707. The average molecular weight is 124 g/mol. The zero-order chi connectivity index (χ0) is 6.27. The van der Waals surface area contributed by atoms with Crippen LogP contribution < -0.4 is 0 Å². The van der Waals surface area contributed by atoms with Crippen LogP contribution in [0.5, 0.6) is 0 Å². The molecular weight excluding hydrogens is 112 g/mol. The summed E-state index contributed by atoms with van der Waals surface area (Å²) in [6, 6.07) is 0. The smallest absolute Gasteiger partial charge is 0.123 e. The Labute approximate surface area is 55.4 Å². The fourth-order valence-electron chi connectivity index (χ4n) is 2.46. The summed E-state index contributed by atoms with van der Waals surface area (Å²) in [5, 5.41) is 0. The van der Waals surface area contributed by atoms with Crippen LogP contribution in [0.1, 0.15) is 25.7 Å². The normalized spacial score (nSPS) is 47.8. The molecule has 0 heterocycles. The van der Waals surface area contributed by atoms with E-state index in [0.29, 0.717) is 5.92 Å². The van der Waals surface area contributed by atoms with Crippen molar-refractivity contribution in [1.82, 2.24) is 0 Å². The summed E-state index contributed by atoms with van der Waals surface area (Å²) in [6.07, 6.45) is 6.45. The fraction of sp³-hybridized carbons (Fsp3) is 0.875. The van der Waals surface area contributed by atoms with Crippen LogP contribution in [-0.4, -0.2) is 6.29 Å². The van der Waals surface area contributed by atoms with Crippen molar-refractivity contribution in [3.05, 3.63) is 0 Å². The van der Waals surface area contributed by atoms with E-state index < -0.39 is 0 Å². The zero-order valence-electron chi connectivity index (χ0n) is 5.55. The van der Waals surface area contributed by atoms with Crippen molar-refractivity contribution in [1.29, 1.82) is 0 Å². The second-order valence-electron chi connectivity index (χ2n) is 3.47. The molecule has 1 nitrogen and oxygen atoms in total. The number of hydrogen-bond donors (Lipinski definition) is 0. The molecule has 2 aliphatic rings. The van der Waals surface area contributed by atoms with Gasteiger partial charge >= 0.3 is 0 Å². The third-order valence-electron chi connectivity index (χ3n) is 2.97. The molecule has 3 atom stereocenters. The summed E-state index contributed by atoms with van der Waals surface area (Å²) >= 11 is 0. The van der Waals surface area contributed by atoms with Crippen LogP contribution in [0.15, 0.2) is 0 Å².